The zero-order valence-corrected chi connectivity index (χ0v) is 8.99. The van der Waals surface area contributed by atoms with Gasteiger partial charge in [-0.05, 0) is 5.41 Å². The highest BCUT2D eigenvalue weighted by molar-refractivity contribution is 5.82. The second-order valence-electron chi connectivity index (χ2n) is 3.91. The molecule has 0 spiro atoms. The monoisotopic (exact) mass is 200 g/mol. The van der Waals surface area contributed by atoms with E-state index in [-0.39, 0.29) is 11.8 Å². The Bertz CT molecular complexity index is 235. The number of carbonyl (C=O) groups excluding carboxylic acids is 2. The molecule has 0 unspecified atom stereocenters. The van der Waals surface area contributed by atoms with Gasteiger partial charge in [0.1, 0.15) is 0 Å². The van der Waals surface area contributed by atoms with Gasteiger partial charge in [0.25, 0.3) is 0 Å². The van der Waals surface area contributed by atoms with Crippen LogP contribution in [0.3, 0.4) is 0 Å². The fourth-order valence-corrected chi connectivity index (χ4v) is 0.492. The first kappa shape index (κ1) is 12.7. The summed E-state index contributed by atoms with van der Waals surface area (Å²) >= 11 is 0. The van der Waals surface area contributed by atoms with Gasteiger partial charge in [0.05, 0.1) is 0 Å². The molecule has 0 bridgehead atoms. The van der Waals surface area contributed by atoms with E-state index in [2.05, 4.69) is 9.78 Å². The summed E-state index contributed by atoms with van der Waals surface area (Å²) in [5, 5.41) is 0. The summed E-state index contributed by atoms with van der Waals surface area (Å²) in [7, 11) is 0. The molecule has 0 aliphatic rings. The quantitative estimate of drug-likeness (QED) is 0.388. The van der Waals surface area contributed by atoms with Crippen molar-refractivity contribution in [3.63, 3.8) is 0 Å². The van der Waals surface area contributed by atoms with Crippen molar-refractivity contribution in [2.45, 2.75) is 34.1 Å². The molecule has 0 N–H and O–H groups in total. The summed E-state index contributed by atoms with van der Waals surface area (Å²) in [5.74, 6) is -1.25. The number of carbonyl (C=O) groups is 2. The van der Waals surface area contributed by atoms with Crippen molar-refractivity contribution in [2.75, 3.05) is 0 Å². The Kier molecular flexibility index (Phi) is 4.91. The summed E-state index contributed by atoms with van der Waals surface area (Å²) < 4.78 is 0. The maximum atomic E-state index is 10.9. The van der Waals surface area contributed by atoms with Crippen molar-refractivity contribution in [3.05, 3.63) is 12.2 Å². The van der Waals surface area contributed by atoms with Gasteiger partial charge in [-0.1, -0.05) is 33.8 Å². The third kappa shape index (κ3) is 7.34. The molecule has 4 heteroatoms. The first-order chi connectivity index (χ1) is 6.35. The molecular weight excluding hydrogens is 184 g/mol. The molecule has 0 aliphatic heterocycles. The normalized spacial score (nSPS) is 11.4. The molecule has 0 heterocycles. The largest absolute Gasteiger partial charge is 0.378 e. The van der Waals surface area contributed by atoms with Crippen LogP contribution in [0.1, 0.15) is 34.1 Å². The van der Waals surface area contributed by atoms with E-state index in [0.717, 1.165) is 0 Å². The summed E-state index contributed by atoms with van der Waals surface area (Å²) in [6.45, 7) is 7.43. The van der Waals surface area contributed by atoms with Gasteiger partial charge in [0.2, 0.25) is 0 Å². The molecule has 0 saturated carbocycles. The molecule has 0 rings (SSSR count). The fourth-order valence-electron chi connectivity index (χ4n) is 0.492. The van der Waals surface area contributed by atoms with Gasteiger partial charge in [-0.2, -0.15) is 0 Å². The van der Waals surface area contributed by atoms with E-state index >= 15 is 0 Å². The molecule has 0 aromatic rings. The van der Waals surface area contributed by atoms with Crippen molar-refractivity contribution in [3.8, 4) is 0 Å². The van der Waals surface area contributed by atoms with Gasteiger partial charge >= 0.3 is 11.9 Å². The number of hydrogen-bond acceptors (Lipinski definition) is 4. The third-order valence-electron chi connectivity index (χ3n) is 1.22. The van der Waals surface area contributed by atoms with Crippen molar-refractivity contribution in [1.29, 1.82) is 0 Å². The van der Waals surface area contributed by atoms with Crippen LogP contribution in [0.25, 0.3) is 0 Å². The molecule has 0 atom stereocenters. The topological polar surface area (TPSA) is 52.6 Å². The Morgan fingerprint density at radius 1 is 1.21 bits per heavy atom. The smallest absolute Gasteiger partial charge is 0.247 e. The summed E-state index contributed by atoms with van der Waals surface area (Å²) in [6, 6.07) is 0. The molecule has 80 valence electrons. The van der Waals surface area contributed by atoms with Gasteiger partial charge in [-0.25, -0.2) is 19.4 Å². The van der Waals surface area contributed by atoms with Crippen LogP contribution in [0, 0.1) is 5.41 Å². The highest BCUT2D eigenvalue weighted by Gasteiger charge is 2.08. The second-order valence-corrected chi connectivity index (χ2v) is 3.91. The first-order valence-electron chi connectivity index (χ1n) is 4.45. The lowest BCUT2D eigenvalue weighted by Crippen LogP contribution is -2.09. The lowest BCUT2D eigenvalue weighted by atomic mass is 9.96. The minimum atomic E-state index is -0.679. The lowest BCUT2D eigenvalue weighted by Gasteiger charge is -2.10. The van der Waals surface area contributed by atoms with E-state index in [4.69, 9.17) is 0 Å². The molecule has 0 aromatic carbocycles. The fraction of sp³-hybridized carbons (Fsp3) is 0.600. The molecule has 4 nitrogen and oxygen atoms in total. The van der Waals surface area contributed by atoms with Crippen LogP contribution in [-0.4, -0.2) is 11.9 Å². The van der Waals surface area contributed by atoms with Gasteiger partial charge in [-0.15, -0.1) is 0 Å². The average molecular weight is 200 g/mol. The van der Waals surface area contributed by atoms with Crippen LogP contribution in [0.5, 0.6) is 0 Å². The summed E-state index contributed by atoms with van der Waals surface area (Å²) in [6.07, 6.45) is 3.09. The van der Waals surface area contributed by atoms with Crippen LogP contribution >= 0.6 is 0 Å². The van der Waals surface area contributed by atoms with E-state index in [0.29, 0.717) is 0 Å². The Morgan fingerprint density at radius 2 is 1.79 bits per heavy atom. The van der Waals surface area contributed by atoms with E-state index in [1.54, 1.807) is 13.0 Å². The standard InChI is InChI=1S/C10H16O4/c1-5-8(11)13-14-9(12)6-7-10(2,3)4/h6-7H,5H2,1-4H3. The predicted octanol–water partition coefficient (Wildman–Crippen LogP) is 2.00. The average Bonchev–Trinajstić information content (AvgIpc) is 2.09. The zero-order chi connectivity index (χ0) is 11.2. The molecule has 0 amide bonds. The molecule has 0 saturated heterocycles. The molecule has 14 heavy (non-hydrogen) atoms. The molecular formula is C10H16O4. The van der Waals surface area contributed by atoms with Crippen LogP contribution < -0.4 is 0 Å². The SMILES string of the molecule is CCC(=O)OOC(=O)C=CC(C)(C)C. The van der Waals surface area contributed by atoms with Crippen LogP contribution in [0.4, 0.5) is 0 Å². The second kappa shape index (κ2) is 5.42. The lowest BCUT2D eigenvalue weighted by molar-refractivity contribution is -0.254. The van der Waals surface area contributed by atoms with E-state index in [1.807, 2.05) is 20.8 Å². The third-order valence-corrected chi connectivity index (χ3v) is 1.22. The highest BCUT2D eigenvalue weighted by Crippen LogP contribution is 2.14. The highest BCUT2D eigenvalue weighted by atomic mass is 17.2. The maximum absolute atomic E-state index is 10.9. The van der Waals surface area contributed by atoms with Crippen LogP contribution in [0.15, 0.2) is 12.2 Å². The summed E-state index contributed by atoms with van der Waals surface area (Å²) in [4.78, 5) is 29.9. The number of hydrogen-bond donors (Lipinski definition) is 0. The zero-order valence-electron chi connectivity index (χ0n) is 8.99. The molecule has 0 aliphatic carbocycles. The number of allylic oxidation sites excluding steroid dienone is 1. The molecule has 0 aromatic heterocycles. The molecule has 0 fully saturated rings. The van der Waals surface area contributed by atoms with Gasteiger partial charge in [0.15, 0.2) is 0 Å². The van der Waals surface area contributed by atoms with Gasteiger partial charge in [-0.3, -0.25) is 0 Å². The van der Waals surface area contributed by atoms with E-state index in [9.17, 15) is 9.59 Å². The first-order valence-corrected chi connectivity index (χ1v) is 4.45. The Morgan fingerprint density at radius 3 is 2.21 bits per heavy atom. The molecule has 0 radical (unpaired) electrons. The van der Waals surface area contributed by atoms with Gasteiger partial charge < -0.3 is 0 Å². The van der Waals surface area contributed by atoms with Gasteiger partial charge in [0, 0.05) is 12.5 Å². The van der Waals surface area contributed by atoms with Crippen molar-refractivity contribution < 1.29 is 19.4 Å². The summed E-state index contributed by atoms with van der Waals surface area (Å²) in [5.41, 5.74) is -0.103. The van der Waals surface area contributed by atoms with E-state index < -0.39 is 11.9 Å². The minimum Gasteiger partial charge on any atom is -0.247 e. The Hall–Kier alpha value is -1.32. The van der Waals surface area contributed by atoms with E-state index in [1.165, 1.54) is 6.08 Å². The Labute approximate surface area is 83.8 Å². The van der Waals surface area contributed by atoms with Crippen molar-refractivity contribution in [2.24, 2.45) is 5.41 Å². The Balaban J connectivity index is 3.88. The minimum absolute atomic E-state index is 0.103. The van der Waals surface area contributed by atoms with Crippen LogP contribution in [0.2, 0.25) is 0 Å². The predicted molar refractivity (Wildman–Crippen MR) is 51.1 cm³/mol. The van der Waals surface area contributed by atoms with Crippen molar-refractivity contribution in [1.82, 2.24) is 0 Å². The number of rotatable bonds is 2. The van der Waals surface area contributed by atoms with Crippen molar-refractivity contribution >= 4 is 11.9 Å². The maximum Gasteiger partial charge on any atom is 0.378 e. The van der Waals surface area contributed by atoms with Crippen LogP contribution in [-0.2, 0) is 19.4 Å².